The van der Waals surface area contributed by atoms with Gasteiger partial charge in [-0.15, -0.1) is 11.3 Å². The van der Waals surface area contributed by atoms with Crippen molar-refractivity contribution in [1.29, 1.82) is 0 Å². The van der Waals surface area contributed by atoms with Crippen LogP contribution in [0.25, 0.3) is 16.3 Å². The van der Waals surface area contributed by atoms with Crippen molar-refractivity contribution in [1.82, 2.24) is 14.7 Å². The van der Waals surface area contributed by atoms with Crippen LogP contribution in [0.3, 0.4) is 0 Å². The topological polar surface area (TPSA) is 72.3 Å². The van der Waals surface area contributed by atoms with Crippen molar-refractivity contribution < 1.29 is 13.2 Å². The Kier molecular flexibility index (Phi) is 4.61. The van der Waals surface area contributed by atoms with E-state index in [2.05, 4.69) is 5.10 Å². The molecule has 27 heavy (non-hydrogen) atoms. The number of hydrogen-bond acceptors (Lipinski definition) is 5. The van der Waals surface area contributed by atoms with Gasteiger partial charge in [-0.2, -0.15) is 5.10 Å². The minimum Gasteiger partial charge on any atom is -0.338 e. The number of sulfone groups is 1. The summed E-state index contributed by atoms with van der Waals surface area (Å²) >= 11 is 1.52. The molecule has 0 unspecified atom stereocenters. The molecule has 1 amide bonds. The van der Waals surface area contributed by atoms with E-state index in [0.29, 0.717) is 17.7 Å². The molecule has 0 saturated carbocycles. The Hall–Kier alpha value is -2.45. The van der Waals surface area contributed by atoms with Gasteiger partial charge in [-0.3, -0.25) is 4.79 Å². The number of carbonyl (C=O) groups is 1. The van der Waals surface area contributed by atoms with Gasteiger partial charge in [0.15, 0.2) is 9.84 Å². The normalized spacial score (nSPS) is 18.5. The standard InChI is InChI=1S/C19H19N3O3S2/c1-21(15-9-11-27(24,25)13-15)19(23)16-12-22(14-6-3-2-4-7-14)20-18(16)17-8-5-10-26-17/h2-8,10,12,15H,9,11,13H2,1H3/t15-/m0/s1. The highest BCUT2D eigenvalue weighted by atomic mass is 32.2. The van der Waals surface area contributed by atoms with E-state index in [1.807, 2.05) is 47.8 Å². The molecular weight excluding hydrogens is 382 g/mol. The molecule has 6 nitrogen and oxygen atoms in total. The van der Waals surface area contributed by atoms with Gasteiger partial charge in [0, 0.05) is 19.3 Å². The minimum absolute atomic E-state index is 0.0242. The Labute approximate surface area is 162 Å². The van der Waals surface area contributed by atoms with Crippen LogP contribution in [0.2, 0.25) is 0 Å². The van der Waals surface area contributed by atoms with Gasteiger partial charge in [-0.05, 0) is 30.0 Å². The number of para-hydroxylation sites is 1. The predicted molar refractivity (Wildman–Crippen MR) is 106 cm³/mol. The van der Waals surface area contributed by atoms with Crippen LogP contribution in [-0.2, 0) is 9.84 Å². The fourth-order valence-electron chi connectivity index (χ4n) is 3.28. The molecule has 0 N–H and O–H groups in total. The molecule has 0 radical (unpaired) electrons. The second-order valence-corrected chi connectivity index (χ2v) is 9.80. The third-order valence-corrected chi connectivity index (χ3v) is 7.42. The molecule has 1 aliphatic rings. The molecule has 140 valence electrons. The Morgan fingerprint density at radius 2 is 2.00 bits per heavy atom. The van der Waals surface area contributed by atoms with E-state index in [0.717, 1.165) is 10.6 Å². The lowest BCUT2D eigenvalue weighted by molar-refractivity contribution is 0.0748. The Morgan fingerprint density at radius 1 is 1.22 bits per heavy atom. The summed E-state index contributed by atoms with van der Waals surface area (Å²) in [6.07, 6.45) is 2.21. The van der Waals surface area contributed by atoms with E-state index in [1.165, 1.54) is 11.3 Å². The quantitative estimate of drug-likeness (QED) is 0.674. The number of benzene rings is 1. The number of hydrogen-bond donors (Lipinski definition) is 0. The molecule has 1 fully saturated rings. The van der Waals surface area contributed by atoms with E-state index in [1.54, 1.807) is 22.8 Å². The van der Waals surface area contributed by atoms with Crippen molar-refractivity contribution >= 4 is 27.1 Å². The van der Waals surface area contributed by atoms with Crippen molar-refractivity contribution in [2.75, 3.05) is 18.6 Å². The highest BCUT2D eigenvalue weighted by Crippen LogP contribution is 2.29. The van der Waals surface area contributed by atoms with Gasteiger partial charge >= 0.3 is 0 Å². The van der Waals surface area contributed by atoms with Gasteiger partial charge < -0.3 is 4.90 Å². The predicted octanol–water partition coefficient (Wildman–Crippen LogP) is 2.86. The molecule has 2 aromatic heterocycles. The number of thiophene rings is 1. The zero-order valence-electron chi connectivity index (χ0n) is 14.8. The Bertz CT molecular complexity index is 1060. The first-order chi connectivity index (χ1) is 12.9. The summed E-state index contributed by atoms with van der Waals surface area (Å²) in [4.78, 5) is 15.6. The largest absolute Gasteiger partial charge is 0.338 e. The first-order valence-electron chi connectivity index (χ1n) is 8.61. The summed E-state index contributed by atoms with van der Waals surface area (Å²) < 4.78 is 25.3. The monoisotopic (exact) mass is 401 g/mol. The SMILES string of the molecule is CN(C(=O)c1cn(-c2ccccc2)nc1-c1cccs1)[C@H]1CCS(=O)(=O)C1. The summed E-state index contributed by atoms with van der Waals surface area (Å²) in [7, 11) is -1.39. The zero-order chi connectivity index (χ0) is 19.0. The molecule has 0 aliphatic carbocycles. The summed E-state index contributed by atoms with van der Waals surface area (Å²) in [5, 5.41) is 6.59. The summed E-state index contributed by atoms with van der Waals surface area (Å²) in [6.45, 7) is 0. The van der Waals surface area contributed by atoms with Gasteiger partial charge in [0.05, 0.1) is 27.6 Å². The number of amides is 1. The zero-order valence-corrected chi connectivity index (χ0v) is 16.4. The molecule has 3 aromatic rings. The van der Waals surface area contributed by atoms with Crippen molar-refractivity contribution in [2.45, 2.75) is 12.5 Å². The molecule has 8 heteroatoms. The highest BCUT2D eigenvalue weighted by Gasteiger charge is 2.34. The van der Waals surface area contributed by atoms with Crippen LogP contribution in [0.5, 0.6) is 0 Å². The summed E-state index contributed by atoms with van der Waals surface area (Å²) in [6, 6.07) is 13.2. The third kappa shape index (κ3) is 3.54. The van der Waals surface area contributed by atoms with E-state index < -0.39 is 9.84 Å². The Balaban J connectivity index is 1.72. The van der Waals surface area contributed by atoms with Crippen molar-refractivity contribution in [3.63, 3.8) is 0 Å². The summed E-state index contributed by atoms with van der Waals surface area (Å²) in [5.74, 6) is -0.0464. The number of nitrogens with zero attached hydrogens (tertiary/aromatic N) is 3. The molecule has 0 spiro atoms. The van der Waals surface area contributed by atoms with Crippen molar-refractivity contribution in [3.05, 3.63) is 59.6 Å². The van der Waals surface area contributed by atoms with Gasteiger partial charge in [-0.1, -0.05) is 24.3 Å². The number of carbonyl (C=O) groups excluding carboxylic acids is 1. The third-order valence-electron chi connectivity index (χ3n) is 4.80. The lowest BCUT2D eigenvalue weighted by Gasteiger charge is -2.23. The second kappa shape index (κ2) is 6.94. The molecule has 1 atom stereocenters. The second-order valence-electron chi connectivity index (χ2n) is 6.62. The average molecular weight is 402 g/mol. The molecule has 1 aliphatic heterocycles. The fraction of sp³-hybridized carbons (Fsp3) is 0.263. The van der Waals surface area contributed by atoms with E-state index in [-0.39, 0.29) is 23.5 Å². The smallest absolute Gasteiger partial charge is 0.257 e. The maximum Gasteiger partial charge on any atom is 0.257 e. The lowest BCUT2D eigenvalue weighted by Crippen LogP contribution is -2.37. The van der Waals surface area contributed by atoms with Gasteiger partial charge in [0.1, 0.15) is 5.69 Å². The van der Waals surface area contributed by atoms with Crippen LogP contribution in [0.15, 0.2) is 54.0 Å². The van der Waals surface area contributed by atoms with Crippen LogP contribution in [0, 0.1) is 0 Å². The Morgan fingerprint density at radius 3 is 2.63 bits per heavy atom. The molecular formula is C19H19N3O3S2. The van der Waals surface area contributed by atoms with E-state index in [9.17, 15) is 13.2 Å². The first kappa shape index (κ1) is 17.9. The highest BCUT2D eigenvalue weighted by molar-refractivity contribution is 7.91. The molecule has 3 heterocycles. The van der Waals surface area contributed by atoms with Crippen molar-refractivity contribution in [3.8, 4) is 16.3 Å². The molecule has 1 aromatic carbocycles. The maximum atomic E-state index is 13.2. The van der Waals surface area contributed by atoms with E-state index in [4.69, 9.17) is 0 Å². The molecule has 4 rings (SSSR count). The van der Waals surface area contributed by atoms with E-state index >= 15 is 0 Å². The van der Waals surface area contributed by atoms with Gasteiger partial charge in [0.25, 0.3) is 5.91 Å². The lowest BCUT2D eigenvalue weighted by atomic mass is 10.1. The number of aromatic nitrogens is 2. The maximum absolute atomic E-state index is 13.2. The van der Waals surface area contributed by atoms with Crippen LogP contribution < -0.4 is 0 Å². The molecule has 1 saturated heterocycles. The fourth-order valence-corrected chi connectivity index (χ4v) is 5.77. The van der Waals surface area contributed by atoms with Crippen LogP contribution in [0.1, 0.15) is 16.8 Å². The number of rotatable bonds is 4. The van der Waals surface area contributed by atoms with Crippen LogP contribution >= 0.6 is 11.3 Å². The van der Waals surface area contributed by atoms with Crippen LogP contribution in [-0.4, -0.2) is 53.6 Å². The van der Waals surface area contributed by atoms with Gasteiger partial charge in [-0.25, -0.2) is 13.1 Å². The molecule has 0 bridgehead atoms. The minimum atomic E-state index is -3.06. The van der Waals surface area contributed by atoms with Crippen LogP contribution in [0.4, 0.5) is 0 Å². The summed E-state index contributed by atoms with van der Waals surface area (Å²) in [5.41, 5.74) is 1.96. The average Bonchev–Trinajstić information content (AvgIpc) is 3.40. The first-order valence-corrected chi connectivity index (χ1v) is 11.3. The van der Waals surface area contributed by atoms with Crippen molar-refractivity contribution in [2.24, 2.45) is 0 Å². The van der Waals surface area contributed by atoms with Gasteiger partial charge in [0.2, 0.25) is 0 Å².